The first-order chi connectivity index (χ1) is 10.2. The topological polar surface area (TPSA) is 53.3 Å². The van der Waals surface area contributed by atoms with Gasteiger partial charge in [-0.15, -0.1) is 0 Å². The number of nitrogens with zero attached hydrogens (tertiary/aromatic N) is 2. The molecule has 2 rings (SSSR count). The molecule has 0 aliphatic heterocycles. The first kappa shape index (κ1) is 16.0. The van der Waals surface area contributed by atoms with Crippen LogP contribution < -0.4 is 0 Å². The lowest BCUT2D eigenvalue weighted by atomic mass is 10.2. The summed E-state index contributed by atoms with van der Waals surface area (Å²) in [6.45, 7) is 3.06. The molecule has 1 aromatic heterocycles. The van der Waals surface area contributed by atoms with Gasteiger partial charge in [0.25, 0.3) is 0 Å². The summed E-state index contributed by atoms with van der Waals surface area (Å²) in [5.41, 5.74) is 1.93. The Morgan fingerprint density at radius 2 is 2.10 bits per heavy atom. The summed E-state index contributed by atoms with van der Waals surface area (Å²) in [7, 11) is 0. The third kappa shape index (κ3) is 4.82. The number of halogens is 1. The molecule has 0 aliphatic carbocycles. The molecule has 0 radical (unpaired) electrons. The Hall–Kier alpha value is -1.41. The van der Waals surface area contributed by atoms with E-state index in [0.717, 1.165) is 15.0 Å². The Morgan fingerprint density at radius 1 is 1.33 bits per heavy atom. The average molecular weight is 400 g/mol. The summed E-state index contributed by atoms with van der Waals surface area (Å²) in [6, 6.07) is 9.95. The van der Waals surface area contributed by atoms with Crippen LogP contribution in [0.1, 0.15) is 18.2 Å². The number of imidazole rings is 1. The van der Waals surface area contributed by atoms with E-state index < -0.39 is 0 Å². The molecule has 1 aromatic carbocycles. The highest BCUT2D eigenvalue weighted by atomic mass is 127. The number of benzene rings is 1. The number of esters is 1. The predicted octanol–water partition coefficient (Wildman–Crippen LogP) is 2.77. The molecule has 0 saturated carbocycles. The second-order valence-corrected chi connectivity index (χ2v) is 5.42. The fourth-order valence-corrected chi connectivity index (χ4v) is 2.48. The first-order valence-electron chi connectivity index (χ1n) is 6.67. The zero-order chi connectivity index (χ0) is 15.1. The van der Waals surface area contributed by atoms with Gasteiger partial charge in [-0.3, -0.25) is 4.79 Å². The van der Waals surface area contributed by atoms with Crippen molar-refractivity contribution in [2.45, 2.75) is 26.7 Å². The van der Waals surface area contributed by atoms with Crippen molar-refractivity contribution in [3.63, 3.8) is 0 Å². The third-order valence-corrected chi connectivity index (χ3v) is 3.76. The van der Waals surface area contributed by atoms with Gasteiger partial charge in [0, 0.05) is 0 Å². The van der Waals surface area contributed by atoms with Crippen LogP contribution in [0.2, 0.25) is 0 Å². The van der Waals surface area contributed by atoms with E-state index in [1.807, 2.05) is 34.9 Å². The molecule has 0 fully saturated rings. The minimum Gasteiger partial charge on any atom is -0.466 e. The van der Waals surface area contributed by atoms with Crippen LogP contribution in [0.5, 0.6) is 0 Å². The third-order valence-electron chi connectivity index (χ3n) is 2.85. The van der Waals surface area contributed by atoms with E-state index >= 15 is 0 Å². The molecular formula is C15H17IN2O3. The van der Waals surface area contributed by atoms with Crippen LogP contribution in [0, 0.1) is 3.70 Å². The normalized spacial score (nSPS) is 10.6. The number of hydrogen-bond donors (Lipinski definition) is 0. The smallest absolute Gasteiger partial charge is 0.311 e. The highest BCUT2D eigenvalue weighted by Gasteiger charge is 2.13. The first-order valence-corrected chi connectivity index (χ1v) is 7.75. The number of rotatable bonds is 7. The number of carbonyl (C=O) groups is 1. The van der Waals surface area contributed by atoms with Gasteiger partial charge in [-0.2, -0.15) is 0 Å². The minimum atomic E-state index is -0.250. The number of carbonyl (C=O) groups excluding carboxylic acids is 1. The van der Waals surface area contributed by atoms with Crippen LogP contribution in [0.25, 0.3) is 0 Å². The maximum atomic E-state index is 11.6. The molecule has 0 atom stereocenters. The lowest BCUT2D eigenvalue weighted by Crippen LogP contribution is -2.13. The Labute approximate surface area is 137 Å². The monoisotopic (exact) mass is 400 g/mol. The SMILES string of the molecule is CCOC(=O)Cc1c(I)ncn1COCc1ccccc1. The second-order valence-electron chi connectivity index (χ2n) is 4.40. The van der Waals surface area contributed by atoms with E-state index in [1.54, 1.807) is 13.3 Å². The van der Waals surface area contributed by atoms with Crippen molar-refractivity contribution in [2.75, 3.05) is 6.61 Å². The molecule has 5 nitrogen and oxygen atoms in total. The van der Waals surface area contributed by atoms with E-state index in [2.05, 4.69) is 27.6 Å². The number of ether oxygens (including phenoxy) is 2. The quantitative estimate of drug-likeness (QED) is 0.530. The molecule has 0 aliphatic rings. The number of aromatic nitrogens is 2. The molecule has 0 spiro atoms. The van der Waals surface area contributed by atoms with Crippen LogP contribution in [0.15, 0.2) is 36.7 Å². The zero-order valence-corrected chi connectivity index (χ0v) is 13.9. The van der Waals surface area contributed by atoms with Gasteiger partial charge in [-0.05, 0) is 35.1 Å². The minimum absolute atomic E-state index is 0.209. The van der Waals surface area contributed by atoms with Crippen LogP contribution in [-0.4, -0.2) is 22.1 Å². The van der Waals surface area contributed by atoms with Gasteiger partial charge in [0.2, 0.25) is 0 Å². The maximum Gasteiger partial charge on any atom is 0.311 e. The molecule has 0 unspecified atom stereocenters. The van der Waals surface area contributed by atoms with Crippen LogP contribution >= 0.6 is 22.6 Å². The molecular weight excluding hydrogens is 383 g/mol. The molecule has 2 aromatic rings. The largest absolute Gasteiger partial charge is 0.466 e. The second kappa shape index (κ2) is 8.14. The summed E-state index contributed by atoms with van der Waals surface area (Å²) in [5.74, 6) is -0.250. The van der Waals surface area contributed by atoms with Crippen molar-refractivity contribution < 1.29 is 14.3 Å². The molecule has 21 heavy (non-hydrogen) atoms. The van der Waals surface area contributed by atoms with Gasteiger partial charge in [0.1, 0.15) is 10.4 Å². The Morgan fingerprint density at radius 3 is 2.81 bits per heavy atom. The molecule has 6 heteroatoms. The number of hydrogen-bond acceptors (Lipinski definition) is 4. The maximum absolute atomic E-state index is 11.6. The van der Waals surface area contributed by atoms with Gasteiger partial charge < -0.3 is 14.0 Å². The summed E-state index contributed by atoms with van der Waals surface area (Å²) in [5, 5.41) is 0. The van der Waals surface area contributed by atoms with Gasteiger partial charge >= 0.3 is 5.97 Å². The Kier molecular flexibility index (Phi) is 6.19. The molecule has 0 amide bonds. The fraction of sp³-hybridized carbons (Fsp3) is 0.333. The molecule has 112 valence electrons. The van der Waals surface area contributed by atoms with Crippen LogP contribution in [0.3, 0.4) is 0 Å². The summed E-state index contributed by atoms with van der Waals surface area (Å²) in [6.07, 6.45) is 1.89. The van der Waals surface area contributed by atoms with Gasteiger partial charge in [-0.1, -0.05) is 30.3 Å². The summed E-state index contributed by atoms with van der Waals surface area (Å²) in [4.78, 5) is 15.8. The van der Waals surface area contributed by atoms with E-state index in [0.29, 0.717) is 19.9 Å². The lowest BCUT2D eigenvalue weighted by Gasteiger charge is -2.09. The Bertz CT molecular complexity index is 584. The van der Waals surface area contributed by atoms with Gasteiger partial charge in [0.15, 0.2) is 0 Å². The van der Waals surface area contributed by atoms with Crippen LogP contribution in [0.4, 0.5) is 0 Å². The predicted molar refractivity (Wildman–Crippen MR) is 86.5 cm³/mol. The van der Waals surface area contributed by atoms with E-state index in [1.165, 1.54) is 0 Å². The van der Waals surface area contributed by atoms with Crippen molar-refractivity contribution in [3.05, 3.63) is 51.6 Å². The highest BCUT2D eigenvalue weighted by Crippen LogP contribution is 2.13. The van der Waals surface area contributed by atoms with E-state index in [9.17, 15) is 4.79 Å². The fourth-order valence-electron chi connectivity index (χ4n) is 1.85. The van der Waals surface area contributed by atoms with E-state index in [4.69, 9.17) is 9.47 Å². The van der Waals surface area contributed by atoms with Gasteiger partial charge in [0.05, 0.1) is 31.7 Å². The van der Waals surface area contributed by atoms with Crippen molar-refractivity contribution in [2.24, 2.45) is 0 Å². The van der Waals surface area contributed by atoms with E-state index in [-0.39, 0.29) is 12.4 Å². The highest BCUT2D eigenvalue weighted by molar-refractivity contribution is 14.1. The summed E-state index contributed by atoms with van der Waals surface area (Å²) >= 11 is 2.11. The standard InChI is InChI=1S/C15H17IN2O3/c1-2-21-14(19)8-13-15(16)17-10-18(13)11-20-9-12-6-4-3-5-7-12/h3-7,10H,2,8-9,11H2,1H3. The van der Waals surface area contributed by atoms with Crippen LogP contribution in [-0.2, 0) is 34.0 Å². The molecule has 0 saturated heterocycles. The van der Waals surface area contributed by atoms with Crippen molar-refractivity contribution in [3.8, 4) is 0 Å². The summed E-state index contributed by atoms with van der Waals surface area (Å²) < 4.78 is 13.3. The van der Waals surface area contributed by atoms with Gasteiger partial charge in [-0.25, -0.2) is 4.98 Å². The van der Waals surface area contributed by atoms with Crippen molar-refractivity contribution in [1.82, 2.24) is 9.55 Å². The Balaban J connectivity index is 1.92. The molecule has 1 heterocycles. The molecule has 0 N–H and O–H groups in total. The average Bonchev–Trinajstić information content (AvgIpc) is 2.82. The zero-order valence-electron chi connectivity index (χ0n) is 11.8. The van der Waals surface area contributed by atoms with Crippen molar-refractivity contribution >= 4 is 28.6 Å². The van der Waals surface area contributed by atoms with Crippen molar-refractivity contribution in [1.29, 1.82) is 0 Å². The lowest BCUT2D eigenvalue weighted by molar-refractivity contribution is -0.142. The molecule has 0 bridgehead atoms.